The van der Waals surface area contributed by atoms with Crippen LogP contribution in [0.2, 0.25) is 5.02 Å². The average molecular weight is 368 g/mol. The molecule has 1 aromatic rings. The summed E-state index contributed by atoms with van der Waals surface area (Å²) in [6.45, 7) is 4.82. The van der Waals surface area contributed by atoms with Crippen LogP contribution < -0.4 is 10.6 Å². The first kappa shape index (κ1) is 19.1. The van der Waals surface area contributed by atoms with Crippen molar-refractivity contribution in [1.82, 2.24) is 10.2 Å². The molecule has 2 N–H and O–H groups in total. The van der Waals surface area contributed by atoms with E-state index >= 15 is 0 Å². The van der Waals surface area contributed by atoms with Crippen molar-refractivity contribution >= 4 is 35.2 Å². The second-order valence-corrected chi connectivity index (χ2v) is 6.21. The summed E-state index contributed by atoms with van der Waals surface area (Å²) in [7, 11) is 0. The van der Waals surface area contributed by atoms with Gasteiger partial charge in [0.05, 0.1) is 6.61 Å². The molecule has 136 valence electrons. The summed E-state index contributed by atoms with van der Waals surface area (Å²) in [6.07, 6.45) is 0.809. The standard InChI is InChI=1S/C17H22ClN3O4/c1-3-25-17(24)21-9-7-12(8-10-21)19-15(22)16(23)20-14-6-4-5-13(18)11(14)2/h4-6,12H,3,7-10H2,1-2H3,(H,19,22)(H,20,23). The number of halogens is 1. The quantitative estimate of drug-likeness (QED) is 0.802. The van der Waals surface area contributed by atoms with Crippen LogP contribution in [0.1, 0.15) is 25.3 Å². The Bertz CT molecular complexity index is 657. The zero-order valence-corrected chi connectivity index (χ0v) is 15.1. The lowest BCUT2D eigenvalue weighted by molar-refractivity contribution is -0.136. The maximum atomic E-state index is 12.1. The number of ether oxygens (including phenoxy) is 1. The Morgan fingerprint density at radius 3 is 2.56 bits per heavy atom. The summed E-state index contributed by atoms with van der Waals surface area (Å²) in [6, 6.07) is 4.95. The molecule has 1 aliphatic rings. The third-order valence-electron chi connectivity index (χ3n) is 4.08. The number of nitrogens with one attached hydrogen (secondary N) is 2. The van der Waals surface area contributed by atoms with Crippen LogP contribution in [-0.4, -0.2) is 48.5 Å². The summed E-state index contributed by atoms with van der Waals surface area (Å²) in [5.74, 6) is -1.44. The Balaban J connectivity index is 1.83. The van der Waals surface area contributed by atoms with E-state index in [-0.39, 0.29) is 12.1 Å². The highest BCUT2D eigenvalue weighted by Crippen LogP contribution is 2.22. The van der Waals surface area contributed by atoms with Crippen LogP contribution >= 0.6 is 11.6 Å². The molecule has 0 radical (unpaired) electrons. The molecular formula is C17H22ClN3O4. The molecule has 1 aromatic carbocycles. The van der Waals surface area contributed by atoms with Gasteiger partial charge in [-0.25, -0.2) is 4.79 Å². The number of nitrogens with zero attached hydrogens (tertiary/aromatic N) is 1. The molecular weight excluding hydrogens is 346 g/mol. The molecule has 1 saturated heterocycles. The van der Waals surface area contributed by atoms with E-state index in [4.69, 9.17) is 16.3 Å². The van der Waals surface area contributed by atoms with Gasteiger partial charge in [-0.05, 0) is 44.4 Å². The topological polar surface area (TPSA) is 87.7 Å². The Morgan fingerprint density at radius 1 is 1.24 bits per heavy atom. The molecule has 0 atom stereocenters. The van der Waals surface area contributed by atoms with Gasteiger partial charge in [0, 0.05) is 29.8 Å². The van der Waals surface area contributed by atoms with Gasteiger partial charge in [-0.1, -0.05) is 17.7 Å². The van der Waals surface area contributed by atoms with E-state index < -0.39 is 11.8 Å². The van der Waals surface area contributed by atoms with Gasteiger partial charge in [0.2, 0.25) is 0 Å². The molecule has 2 rings (SSSR count). The molecule has 1 fully saturated rings. The monoisotopic (exact) mass is 367 g/mol. The number of amides is 3. The third-order valence-corrected chi connectivity index (χ3v) is 4.49. The molecule has 7 nitrogen and oxygen atoms in total. The zero-order chi connectivity index (χ0) is 18.4. The molecule has 0 saturated carbocycles. The van der Waals surface area contributed by atoms with Crippen LogP contribution in [0.5, 0.6) is 0 Å². The normalized spacial score (nSPS) is 14.8. The molecule has 25 heavy (non-hydrogen) atoms. The first-order valence-corrected chi connectivity index (χ1v) is 8.58. The number of hydrogen-bond donors (Lipinski definition) is 2. The van der Waals surface area contributed by atoms with Crippen LogP contribution in [-0.2, 0) is 14.3 Å². The molecule has 0 unspecified atom stereocenters. The highest BCUT2D eigenvalue weighted by molar-refractivity contribution is 6.40. The first-order chi connectivity index (χ1) is 11.9. The molecule has 0 spiro atoms. The van der Waals surface area contributed by atoms with Gasteiger partial charge in [-0.2, -0.15) is 0 Å². The minimum atomic E-state index is -0.738. The molecule has 8 heteroatoms. The number of rotatable bonds is 3. The molecule has 0 aromatic heterocycles. The van der Waals surface area contributed by atoms with E-state index in [0.29, 0.717) is 48.8 Å². The average Bonchev–Trinajstić information content (AvgIpc) is 2.59. The third kappa shape index (κ3) is 5.09. The van der Waals surface area contributed by atoms with E-state index in [1.165, 1.54) is 0 Å². The van der Waals surface area contributed by atoms with Gasteiger partial charge in [0.25, 0.3) is 0 Å². The Hall–Kier alpha value is -2.28. The number of hydrogen-bond acceptors (Lipinski definition) is 4. The van der Waals surface area contributed by atoms with Crippen molar-refractivity contribution in [3.8, 4) is 0 Å². The van der Waals surface area contributed by atoms with Crippen molar-refractivity contribution in [2.24, 2.45) is 0 Å². The molecule has 0 bridgehead atoms. The molecule has 1 heterocycles. The van der Waals surface area contributed by atoms with Gasteiger partial charge >= 0.3 is 17.9 Å². The first-order valence-electron chi connectivity index (χ1n) is 8.21. The minimum Gasteiger partial charge on any atom is -0.450 e. The predicted octanol–water partition coefficient (Wildman–Crippen LogP) is 2.32. The van der Waals surface area contributed by atoms with E-state index in [0.717, 1.165) is 0 Å². The largest absolute Gasteiger partial charge is 0.450 e. The van der Waals surface area contributed by atoms with E-state index in [9.17, 15) is 14.4 Å². The second kappa shape index (κ2) is 8.71. The molecule has 0 aliphatic carbocycles. The Labute approximate surface area is 151 Å². The fourth-order valence-electron chi connectivity index (χ4n) is 2.59. The summed E-state index contributed by atoms with van der Waals surface area (Å²) in [5, 5.41) is 5.78. The maximum absolute atomic E-state index is 12.1. The predicted molar refractivity (Wildman–Crippen MR) is 94.6 cm³/mol. The molecule has 3 amide bonds. The van der Waals surface area contributed by atoms with Crippen molar-refractivity contribution in [3.63, 3.8) is 0 Å². The van der Waals surface area contributed by atoms with E-state index in [2.05, 4.69) is 10.6 Å². The van der Waals surface area contributed by atoms with Gasteiger partial charge < -0.3 is 20.3 Å². The van der Waals surface area contributed by atoms with Crippen molar-refractivity contribution in [1.29, 1.82) is 0 Å². The van der Waals surface area contributed by atoms with Crippen LogP contribution in [0.25, 0.3) is 0 Å². The number of likely N-dealkylation sites (tertiary alicyclic amines) is 1. The lowest BCUT2D eigenvalue weighted by Crippen LogP contribution is -2.49. The zero-order valence-electron chi connectivity index (χ0n) is 14.3. The summed E-state index contributed by atoms with van der Waals surface area (Å²) >= 11 is 6.00. The van der Waals surface area contributed by atoms with E-state index in [1.807, 2.05) is 0 Å². The Kier molecular flexibility index (Phi) is 6.64. The summed E-state index contributed by atoms with van der Waals surface area (Å²) < 4.78 is 4.95. The van der Waals surface area contributed by atoms with Crippen LogP contribution in [0.4, 0.5) is 10.5 Å². The lowest BCUT2D eigenvalue weighted by atomic mass is 10.1. The van der Waals surface area contributed by atoms with Crippen molar-refractivity contribution in [3.05, 3.63) is 28.8 Å². The number of piperidine rings is 1. The van der Waals surface area contributed by atoms with Gasteiger partial charge in [0.1, 0.15) is 0 Å². The lowest BCUT2D eigenvalue weighted by Gasteiger charge is -2.31. The van der Waals surface area contributed by atoms with Crippen molar-refractivity contribution in [2.45, 2.75) is 32.7 Å². The van der Waals surface area contributed by atoms with Crippen molar-refractivity contribution < 1.29 is 19.1 Å². The number of benzene rings is 1. The smallest absolute Gasteiger partial charge is 0.409 e. The van der Waals surface area contributed by atoms with Gasteiger partial charge in [-0.3, -0.25) is 9.59 Å². The fraction of sp³-hybridized carbons (Fsp3) is 0.471. The SMILES string of the molecule is CCOC(=O)N1CCC(NC(=O)C(=O)Nc2cccc(Cl)c2C)CC1. The second-order valence-electron chi connectivity index (χ2n) is 5.80. The highest BCUT2D eigenvalue weighted by atomic mass is 35.5. The minimum absolute atomic E-state index is 0.149. The van der Waals surface area contributed by atoms with Crippen LogP contribution in [0, 0.1) is 6.92 Å². The van der Waals surface area contributed by atoms with Gasteiger partial charge in [-0.15, -0.1) is 0 Å². The fourth-order valence-corrected chi connectivity index (χ4v) is 2.77. The number of carbonyl (C=O) groups is 3. The number of carbonyl (C=O) groups excluding carboxylic acids is 3. The van der Waals surface area contributed by atoms with Gasteiger partial charge in [0.15, 0.2) is 0 Å². The summed E-state index contributed by atoms with van der Waals surface area (Å²) in [4.78, 5) is 37.4. The molecule has 1 aliphatic heterocycles. The summed E-state index contributed by atoms with van der Waals surface area (Å²) in [5.41, 5.74) is 1.21. The maximum Gasteiger partial charge on any atom is 0.409 e. The number of anilines is 1. The highest BCUT2D eigenvalue weighted by Gasteiger charge is 2.26. The Morgan fingerprint density at radius 2 is 1.92 bits per heavy atom. The van der Waals surface area contributed by atoms with Crippen LogP contribution in [0.3, 0.4) is 0 Å². The van der Waals surface area contributed by atoms with E-state index in [1.54, 1.807) is 36.9 Å². The van der Waals surface area contributed by atoms with Crippen molar-refractivity contribution in [2.75, 3.05) is 25.0 Å². The van der Waals surface area contributed by atoms with Crippen LogP contribution in [0.15, 0.2) is 18.2 Å².